The van der Waals surface area contributed by atoms with Crippen LogP contribution in [0.5, 0.6) is 0 Å². The molecule has 0 N–H and O–H groups in total. The first-order valence-electron chi connectivity index (χ1n) is 13.2. The summed E-state index contributed by atoms with van der Waals surface area (Å²) in [5, 5.41) is 0. The average molecular weight is 425 g/mol. The minimum atomic E-state index is -0.135. The number of hydrogen-bond acceptors (Lipinski definition) is 1. The van der Waals surface area contributed by atoms with Gasteiger partial charge in [-0.3, -0.25) is 4.79 Å². The van der Waals surface area contributed by atoms with Gasteiger partial charge in [0.25, 0.3) is 0 Å². The Labute approximate surface area is 192 Å². The van der Waals surface area contributed by atoms with Gasteiger partial charge in [-0.15, -0.1) is 0 Å². The maximum absolute atomic E-state index is 12.8. The molecule has 4 saturated carbocycles. The minimum absolute atomic E-state index is 0.135. The van der Waals surface area contributed by atoms with Crippen LogP contribution in [0.3, 0.4) is 0 Å². The van der Waals surface area contributed by atoms with Crippen molar-refractivity contribution < 1.29 is 4.79 Å². The quantitative estimate of drug-likeness (QED) is 0.413. The second kappa shape index (κ2) is 7.59. The molecule has 0 unspecified atom stereocenters. The van der Waals surface area contributed by atoms with Crippen molar-refractivity contribution in [1.29, 1.82) is 0 Å². The van der Waals surface area contributed by atoms with Crippen LogP contribution in [-0.4, -0.2) is 5.78 Å². The Kier molecular flexibility index (Phi) is 5.71. The molecule has 4 aliphatic rings. The number of fused-ring (bicyclic) bond motifs is 5. The number of ketones is 1. The van der Waals surface area contributed by atoms with Crippen molar-refractivity contribution in [2.45, 2.75) is 113 Å². The maximum Gasteiger partial charge on any atom is 0.138 e. The number of hydrogen-bond donors (Lipinski definition) is 0. The molecule has 1 nitrogen and oxygen atoms in total. The summed E-state index contributed by atoms with van der Waals surface area (Å²) >= 11 is 0. The van der Waals surface area contributed by atoms with Crippen molar-refractivity contribution >= 4 is 5.78 Å². The lowest BCUT2D eigenvalue weighted by Gasteiger charge is -2.69. The van der Waals surface area contributed by atoms with Gasteiger partial charge in [0, 0.05) is 11.8 Å². The first-order chi connectivity index (χ1) is 14.4. The first kappa shape index (κ1) is 23.3. The topological polar surface area (TPSA) is 17.1 Å². The molecule has 0 amide bonds. The maximum atomic E-state index is 12.8. The lowest BCUT2D eigenvalue weighted by molar-refractivity contribution is -0.201. The van der Waals surface area contributed by atoms with Gasteiger partial charge in [0.05, 0.1) is 0 Å². The molecule has 0 saturated heterocycles. The van der Waals surface area contributed by atoms with E-state index in [-0.39, 0.29) is 5.41 Å². The van der Waals surface area contributed by atoms with Crippen molar-refractivity contribution in [3.8, 4) is 0 Å². The molecule has 0 spiro atoms. The molecule has 1 heteroatoms. The van der Waals surface area contributed by atoms with Crippen molar-refractivity contribution in [3.05, 3.63) is 23.8 Å². The fraction of sp³-hybridized carbons (Fsp3) is 0.833. The summed E-state index contributed by atoms with van der Waals surface area (Å²) in [6.07, 6.45) is 14.7. The fourth-order valence-corrected chi connectivity index (χ4v) is 9.76. The van der Waals surface area contributed by atoms with Crippen molar-refractivity contribution in [2.75, 3.05) is 0 Å². The van der Waals surface area contributed by atoms with Gasteiger partial charge in [-0.25, -0.2) is 0 Å². The van der Waals surface area contributed by atoms with E-state index in [0.29, 0.717) is 27.9 Å². The second-order valence-corrected chi connectivity index (χ2v) is 13.4. The Morgan fingerprint density at radius 1 is 0.935 bits per heavy atom. The van der Waals surface area contributed by atoms with Crippen LogP contribution in [0.1, 0.15) is 113 Å². The Bertz CT molecular complexity index is 782. The van der Waals surface area contributed by atoms with E-state index in [0.717, 1.165) is 37.0 Å². The zero-order valence-electron chi connectivity index (χ0n) is 21.6. The van der Waals surface area contributed by atoms with Gasteiger partial charge in [0.1, 0.15) is 5.78 Å². The van der Waals surface area contributed by atoms with Crippen LogP contribution in [0.25, 0.3) is 0 Å². The first-order valence-corrected chi connectivity index (χ1v) is 13.2. The Balaban J connectivity index is 1.60. The molecule has 0 bridgehead atoms. The van der Waals surface area contributed by atoms with E-state index in [1.807, 2.05) is 0 Å². The molecule has 4 rings (SSSR count). The van der Waals surface area contributed by atoms with Crippen LogP contribution in [0.15, 0.2) is 23.8 Å². The van der Waals surface area contributed by atoms with Gasteiger partial charge < -0.3 is 0 Å². The van der Waals surface area contributed by atoms with E-state index in [2.05, 4.69) is 61.1 Å². The number of rotatable bonds is 4. The standard InChI is InChI=1S/C30H48O/c1-20(2)10-9-11-21(3)22-14-18-29(7)23(22)12-13-25-28(6)17-16-26(31)27(4,5)24(28)15-19-30(25,29)8/h10,22-25H,3,9,11-19H2,1-2,4-8H3/t22-,23-,24+,25-,28+,29-,30-/m1/s1. The normalized spacial score (nSPS) is 46.0. The lowest BCUT2D eigenvalue weighted by Crippen LogP contribution is -2.63. The highest BCUT2D eigenvalue weighted by Crippen LogP contribution is 2.75. The van der Waals surface area contributed by atoms with Crippen LogP contribution in [-0.2, 0) is 4.79 Å². The smallest absolute Gasteiger partial charge is 0.138 e. The number of carbonyl (C=O) groups is 1. The zero-order valence-corrected chi connectivity index (χ0v) is 21.6. The molecule has 0 heterocycles. The van der Waals surface area contributed by atoms with Gasteiger partial charge >= 0.3 is 0 Å². The van der Waals surface area contributed by atoms with Crippen LogP contribution in [0.2, 0.25) is 0 Å². The molecule has 0 aliphatic heterocycles. The van der Waals surface area contributed by atoms with Gasteiger partial charge in [-0.1, -0.05) is 58.4 Å². The van der Waals surface area contributed by atoms with E-state index in [9.17, 15) is 4.79 Å². The molecule has 0 aromatic heterocycles. The SMILES string of the molecule is C=C(CCC=C(C)C)[C@H]1CC[C@]2(C)[C@@H]1CC[C@@H]1[C@@]3(C)CCC(=O)C(C)(C)[C@@H]3CC[C@]12C. The van der Waals surface area contributed by atoms with Gasteiger partial charge in [-0.05, 0) is 112 Å². The summed E-state index contributed by atoms with van der Waals surface area (Å²) in [5.74, 6) is 3.39. The Hall–Kier alpha value is -0.850. The van der Waals surface area contributed by atoms with E-state index < -0.39 is 0 Å². The lowest BCUT2D eigenvalue weighted by atomic mass is 9.35. The van der Waals surface area contributed by atoms with Crippen molar-refractivity contribution in [1.82, 2.24) is 0 Å². The van der Waals surface area contributed by atoms with Crippen molar-refractivity contribution in [2.24, 2.45) is 45.3 Å². The second-order valence-electron chi connectivity index (χ2n) is 13.4. The third kappa shape index (κ3) is 3.26. The molecule has 4 fully saturated rings. The van der Waals surface area contributed by atoms with Crippen molar-refractivity contribution in [3.63, 3.8) is 0 Å². The highest BCUT2D eigenvalue weighted by Gasteiger charge is 2.68. The minimum Gasteiger partial charge on any atom is -0.299 e. The number of Topliss-reactive ketones (excluding diaryl/α,β-unsaturated/α-hetero) is 1. The van der Waals surface area contributed by atoms with Gasteiger partial charge in [0.15, 0.2) is 0 Å². The van der Waals surface area contributed by atoms with E-state index >= 15 is 0 Å². The van der Waals surface area contributed by atoms with E-state index in [4.69, 9.17) is 0 Å². The summed E-state index contributed by atoms with van der Waals surface area (Å²) in [6, 6.07) is 0. The molecule has 7 atom stereocenters. The molecule has 4 aliphatic carbocycles. The molecular formula is C30H48O. The molecule has 0 aromatic carbocycles. The molecule has 31 heavy (non-hydrogen) atoms. The molecule has 174 valence electrons. The van der Waals surface area contributed by atoms with Crippen LogP contribution >= 0.6 is 0 Å². The summed E-state index contributed by atoms with van der Waals surface area (Å²) in [4.78, 5) is 12.8. The van der Waals surface area contributed by atoms with Crippen LogP contribution < -0.4 is 0 Å². The summed E-state index contributed by atoms with van der Waals surface area (Å²) in [7, 11) is 0. The fourth-order valence-electron chi connectivity index (χ4n) is 9.76. The largest absolute Gasteiger partial charge is 0.299 e. The predicted octanol–water partition coefficient (Wildman–Crippen LogP) is 8.54. The zero-order chi connectivity index (χ0) is 22.8. The number of carbonyl (C=O) groups excluding carboxylic acids is 1. The third-order valence-corrected chi connectivity index (χ3v) is 11.7. The Morgan fingerprint density at radius 3 is 2.29 bits per heavy atom. The number of allylic oxidation sites excluding steroid dienone is 3. The van der Waals surface area contributed by atoms with Crippen LogP contribution in [0, 0.1) is 45.3 Å². The molecular weight excluding hydrogens is 376 g/mol. The Morgan fingerprint density at radius 2 is 1.61 bits per heavy atom. The highest BCUT2D eigenvalue weighted by molar-refractivity contribution is 5.85. The van der Waals surface area contributed by atoms with E-state index in [1.165, 1.54) is 56.1 Å². The third-order valence-electron chi connectivity index (χ3n) is 11.7. The van der Waals surface area contributed by atoms with Gasteiger partial charge in [-0.2, -0.15) is 0 Å². The summed E-state index contributed by atoms with van der Waals surface area (Å²) < 4.78 is 0. The monoisotopic (exact) mass is 424 g/mol. The van der Waals surface area contributed by atoms with Gasteiger partial charge in [0.2, 0.25) is 0 Å². The van der Waals surface area contributed by atoms with E-state index in [1.54, 1.807) is 0 Å². The molecule has 0 aromatic rings. The predicted molar refractivity (Wildman–Crippen MR) is 132 cm³/mol. The average Bonchev–Trinajstić information content (AvgIpc) is 3.03. The molecule has 0 radical (unpaired) electrons. The highest BCUT2D eigenvalue weighted by atomic mass is 16.1. The van der Waals surface area contributed by atoms with Crippen LogP contribution in [0.4, 0.5) is 0 Å². The summed E-state index contributed by atoms with van der Waals surface area (Å²) in [5.41, 5.74) is 3.99. The summed E-state index contributed by atoms with van der Waals surface area (Å²) in [6.45, 7) is 21.5.